The minimum Gasteiger partial charge on any atom is -0.508 e. The summed E-state index contributed by atoms with van der Waals surface area (Å²) in [6.07, 6.45) is 3.52. The fourth-order valence-corrected chi connectivity index (χ4v) is 14.2. The Hall–Kier alpha value is -4.06. The Labute approximate surface area is 318 Å². The normalized spacial score (nSPS) is 22.3. The third-order valence-electron chi connectivity index (χ3n) is 11.3. The summed E-state index contributed by atoms with van der Waals surface area (Å²) in [5.74, 6) is -1.51. The molecule has 0 radical (unpaired) electrons. The highest BCUT2D eigenvalue weighted by Gasteiger charge is 2.58. The molecule has 4 atom stereocenters. The third kappa shape index (κ3) is 7.40. The molecule has 2 aliphatic heterocycles. The molecule has 0 unspecified atom stereocenters. The van der Waals surface area contributed by atoms with Gasteiger partial charge in [-0.25, -0.2) is 0 Å². The fraction of sp³-hybridized carbons (Fsp3) is 0.349. The summed E-state index contributed by atoms with van der Waals surface area (Å²) in [5.41, 5.74) is 4.03. The van der Waals surface area contributed by atoms with Crippen LogP contribution in [0.3, 0.4) is 0 Å². The molecule has 2 saturated heterocycles. The minimum absolute atomic E-state index is 0.141. The monoisotopic (exact) mass is 745 g/mol. The zero-order valence-corrected chi connectivity index (χ0v) is 32.7. The number of hydrogen-bond acceptors (Lipinski definition) is 7. The smallest absolute Gasteiger partial charge is 0.455 e. The van der Waals surface area contributed by atoms with Gasteiger partial charge >= 0.3 is 7.12 Å². The van der Waals surface area contributed by atoms with Crippen LogP contribution in [0.1, 0.15) is 57.4 Å². The predicted molar refractivity (Wildman–Crippen MR) is 214 cm³/mol. The van der Waals surface area contributed by atoms with Gasteiger partial charge in [-0.15, -0.1) is 11.3 Å². The first-order valence-electron chi connectivity index (χ1n) is 18.6. The number of amides is 2. The molecule has 0 spiro atoms. The summed E-state index contributed by atoms with van der Waals surface area (Å²) in [6, 6.07) is 32.1. The molecule has 3 heterocycles. The van der Waals surface area contributed by atoms with Crippen LogP contribution in [0.2, 0.25) is 11.4 Å². The average Bonchev–Trinajstić information content (AvgIpc) is 3.73. The number of phenols is 1. The first kappa shape index (κ1) is 37.3. The molecular formula is C43H48BNO6SSi. The van der Waals surface area contributed by atoms with Crippen molar-refractivity contribution in [1.82, 2.24) is 4.90 Å². The number of nitrogens with zero attached hydrogens (tertiary/aromatic N) is 1. The van der Waals surface area contributed by atoms with E-state index in [2.05, 4.69) is 82.3 Å². The lowest BCUT2D eigenvalue weighted by Gasteiger charge is -2.46. The number of fused-ring (bicyclic) bond motifs is 3. The van der Waals surface area contributed by atoms with Crippen LogP contribution in [0.5, 0.6) is 5.75 Å². The number of hydrogen-bond donors (Lipinski definition) is 2. The Morgan fingerprint density at radius 3 is 2.28 bits per heavy atom. The van der Waals surface area contributed by atoms with Gasteiger partial charge in [-0.1, -0.05) is 111 Å². The molecule has 0 saturated carbocycles. The van der Waals surface area contributed by atoms with Gasteiger partial charge in [0.15, 0.2) is 0 Å². The van der Waals surface area contributed by atoms with Crippen molar-refractivity contribution in [2.24, 2.45) is 17.8 Å². The van der Waals surface area contributed by atoms with E-state index in [1.165, 1.54) is 26.6 Å². The van der Waals surface area contributed by atoms with Crippen molar-refractivity contribution in [1.29, 1.82) is 0 Å². The second-order valence-corrected chi connectivity index (χ2v) is 21.1. The van der Waals surface area contributed by atoms with Crippen LogP contribution in [0.25, 0.3) is 6.08 Å². The Bertz CT molecular complexity index is 1950. The quantitative estimate of drug-likeness (QED) is 0.0958. The second kappa shape index (κ2) is 15.4. The number of imide groups is 1. The van der Waals surface area contributed by atoms with Gasteiger partial charge in [0.2, 0.25) is 11.8 Å². The lowest BCUT2D eigenvalue weighted by atomic mass is 9.58. The molecule has 2 amide bonds. The van der Waals surface area contributed by atoms with Gasteiger partial charge in [0.05, 0.1) is 31.1 Å². The number of phenolic OH excluding ortho intramolecular Hbond substituents is 1. The summed E-state index contributed by atoms with van der Waals surface area (Å²) >= 11 is 1.54. The maximum Gasteiger partial charge on any atom is 0.455 e. The van der Waals surface area contributed by atoms with E-state index < -0.39 is 33.4 Å². The highest BCUT2D eigenvalue weighted by molar-refractivity contribution is 7.09. The van der Waals surface area contributed by atoms with E-state index >= 15 is 0 Å². The molecule has 3 aromatic carbocycles. The summed E-state index contributed by atoms with van der Waals surface area (Å²) in [7, 11) is -4.00. The molecule has 7 nitrogen and oxygen atoms in total. The van der Waals surface area contributed by atoms with E-state index in [9.17, 15) is 19.7 Å². The van der Waals surface area contributed by atoms with Crippen LogP contribution in [0.15, 0.2) is 119 Å². The molecule has 2 N–H and O–H groups in total. The van der Waals surface area contributed by atoms with Gasteiger partial charge in [-0.3, -0.25) is 14.5 Å². The Morgan fingerprint density at radius 1 is 0.962 bits per heavy atom. The van der Waals surface area contributed by atoms with Gasteiger partial charge < -0.3 is 19.2 Å². The van der Waals surface area contributed by atoms with Crippen molar-refractivity contribution >= 4 is 55.0 Å². The molecule has 1 aliphatic carbocycles. The molecule has 274 valence electrons. The van der Waals surface area contributed by atoms with E-state index in [0.29, 0.717) is 25.9 Å². The number of allylic oxidation sites excluding steroid dienone is 1. The van der Waals surface area contributed by atoms with Crippen LogP contribution < -0.4 is 10.4 Å². The number of carbonyl (C=O) groups is 2. The van der Waals surface area contributed by atoms with Crippen molar-refractivity contribution in [3.8, 4) is 5.75 Å². The van der Waals surface area contributed by atoms with Crippen molar-refractivity contribution in [2.45, 2.75) is 71.0 Å². The van der Waals surface area contributed by atoms with Gasteiger partial charge in [0.1, 0.15) is 5.75 Å². The highest BCUT2D eigenvalue weighted by Crippen LogP contribution is 2.51. The Kier molecular flexibility index (Phi) is 10.8. The van der Waals surface area contributed by atoms with Gasteiger partial charge in [0.25, 0.3) is 8.32 Å². The van der Waals surface area contributed by atoms with Crippen LogP contribution >= 0.6 is 11.3 Å². The summed E-state index contributed by atoms with van der Waals surface area (Å²) in [6.45, 7) is 9.37. The molecule has 0 bridgehead atoms. The van der Waals surface area contributed by atoms with E-state index in [0.717, 1.165) is 27.2 Å². The molecule has 1 aromatic heterocycles. The number of rotatable bonds is 11. The van der Waals surface area contributed by atoms with Crippen LogP contribution in [0.4, 0.5) is 0 Å². The topological polar surface area (TPSA) is 96.3 Å². The SMILES string of the molecule is C/C(=C\c1cccc(O)c1)CC[C@H]1OB(O)C[C@H]2C1=C(CO[Si](c1ccccc1)(c1ccccc1)C(C)(C)C)C[C@H]1C(=O)N(Cc3cccs3)C(=O)[C@H]12. The molecule has 10 heteroatoms. The number of benzene rings is 3. The first-order chi connectivity index (χ1) is 25.5. The van der Waals surface area contributed by atoms with E-state index in [-0.39, 0.29) is 41.4 Å². The first-order valence-corrected chi connectivity index (χ1v) is 21.4. The number of aromatic hydroxyl groups is 1. The van der Waals surface area contributed by atoms with Crippen molar-refractivity contribution in [3.63, 3.8) is 0 Å². The molecule has 3 aliphatic rings. The molecule has 53 heavy (non-hydrogen) atoms. The maximum absolute atomic E-state index is 14.3. The Morgan fingerprint density at radius 2 is 1.66 bits per heavy atom. The second-order valence-electron chi connectivity index (χ2n) is 15.7. The van der Waals surface area contributed by atoms with E-state index in [1.807, 2.05) is 41.8 Å². The number of carbonyl (C=O) groups excluding carboxylic acids is 2. The predicted octanol–water partition coefficient (Wildman–Crippen LogP) is 7.21. The van der Waals surface area contributed by atoms with Gasteiger partial charge in [-0.05, 0) is 94.1 Å². The maximum atomic E-state index is 14.3. The van der Waals surface area contributed by atoms with Crippen molar-refractivity contribution in [3.05, 3.63) is 130 Å². The molecule has 7 rings (SSSR count). The number of thiophene rings is 1. The third-order valence-corrected chi connectivity index (χ3v) is 17.1. The van der Waals surface area contributed by atoms with Gasteiger partial charge in [0, 0.05) is 4.88 Å². The minimum atomic E-state index is -2.95. The average molecular weight is 746 g/mol. The van der Waals surface area contributed by atoms with Crippen molar-refractivity contribution < 1.29 is 28.8 Å². The summed E-state index contributed by atoms with van der Waals surface area (Å²) in [5, 5.41) is 25.3. The van der Waals surface area contributed by atoms with Gasteiger partial charge in [-0.2, -0.15) is 0 Å². The summed E-state index contributed by atoms with van der Waals surface area (Å²) in [4.78, 5) is 30.9. The van der Waals surface area contributed by atoms with Crippen molar-refractivity contribution in [2.75, 3.05) is 6.61 Å². The van der Waals surface area contributed by atoms with E-state index in [4.69, 9.17) is 9.08 Å². The lowest BCUT2D eigenvalue weighted by molar-refractivity contribution is -0.140. The number of likely N-dealkylation sites (tertiary alicyclic amines) is 1. The zero-order chi connectivity index (χ0) is 37.3. The van der Waals surface area contributed by atoms with Crippen LogP contribution in [-0.2, 0) is 25.2 Å². The lowest BCUT2D eigenvalue weighted by Crippen LogP contribution is -2.66. The molecule has 4 aromatic rings. The summed E-state index contributed by atoms with van der Waals surface area (Å²) < 4.78 is 13.9. The molecule has 2 fully saturated rings. The zero-order valence-electron chi connectivity index (χ0n) is 30.9. The fourth-order valence-electron chi connectivity index (χ4n) is 8.96. The van der Waals surface area contributed by atoms with Crippen LogP contribution in [0, 0.1) is 17.8 Å². The standard InChI is InChI=1S/C43H48BNO6SSi/c1-29(23-30-13-11-14-32(46)24-30)20-21-38-39-31(28-50-53(43(2,3)4,34-16-7-5-8-17-34)35-18-9-6-10-19-35)25-36-40(37(39)26-44(49)51-38)42(48)45(41(36)47)27-33-15-12-22-52-33/h5-19,22-24,36-38,40,46,49H,20-21,25-28H2,1-4H3/b29-23+/t36-,37+,38-,40-/m1/s1. The highest BCUT2D eigenvalue weighted by atomic mass is 32.1. The molecular weight excluding hydrogens is 697 g/mol. The van der Waals surface area contributed by atoms with E-state index in [1.54, 1.807) is 12.1 Å². The van der Waals surface area contributed by atoms with Crippen LogP contribution in [-0.4, -0.2) is 55.0 Å². The largest absolute Gasteiger partial charge is 0.508 e. The Balaban J connectivity index is 1.28.